The van der Waals surface area contributed by atoms with Crippen LogP contribution in [-0.2, 0) is 10.2 Å². The predicted molar refractivity (Wildman–Crippen MR) is 88.3 cm³/mol. The lowest BCUT2D eigenvalue weighted by Gasteiger charge is -2.12. The van der Waals surface area contributed by atoms with E-state index < -0.39 is 6.10 Å². The number of aromatic nitrogens is 2. The van der Waals surface area contributed by atoms with Gasteiger partial charge in [0.15, 0.2) is 0 Å². The van der Waals surface area contributed by atoms with Crippen LogP contribution in [0.2, 0.25) is 5.02 Å². The van der Waals surface area contributed by atoms with Gasteiger partial charge in [-0.3, -0.25) is 4.79 Å². The molecule has 22 heavy (non-hydrogen) atoms. The molecule has 2 N–H and O–H groups in total. The summed E-state index contributed by atoms with van der Waals surface area (Å²) in [4.78, 5) is 12.0. The Kier molecular flexibility index (Phi) is 5.16. The third-order valence-electron chi connectivity index (χ3n) is 2.95. The summed E-state index contributed by atoms with van der Waals surface area (Å²) in [5.74, 6) is -0.306. The van der Waals surface area contributed by atoms with Crippen LogP contribution in [0.1, 0.15) is 43.9 Å². The lowest BCUT2D eigenvalue weighted by Crippen LogP contribution is -2.15. The summed E-state index contributed by atoms with van der Waals surface area (Å²) < 4.78 is 0. The topological polar surface area (TPSA) is 75.1 Å². The third kappa shape index (κ3) is 4.50. The Morgan fingerprint density at radius 2 is 1.95 bits per heavy atom. The Morgan fingerprint density at radius 1 is 1.32 bits per heavy atom. The molecule has 1 unspecified atom stereocenters. The van der Waals surface area contributed by atoms with Crippen molar-refractivity contribution in [1.82, 2.24) is 10.2 Å². The van der Waals surface area contributed by atoms with Crippen LogP contribution in [0.4, 0.5) is 5.13 Å². The first-order valence-electron chi connectivity index (χ1n) is 6.83. The number of aliphatic hydroxyl groups is 1. The van der Waals surface area contributed by atoms with Crippen LogP contribution in [0.5, 0.6) is 0 Å². The molecule has 0 aliphatic heterocycles. The van der Waals surface area contributed by atoms with E-state index in [1.807, 2.05) is 20.8 Å². The molecule has 0 bridgehead atoms. The maximum atomic E-state index is 12.0. The van der Waals surface area contributed by atoms with E-state index in [1.54, 1.807) is 24.3 Å². The number of benzene rings is 1. The largest absolute Gasteiger partial charge is 0.388 e. The highest BCUT2D eigenvalue weighted by molar-refractivity contribution is 7.15. The molecule has 2 aromatic rings. The van der Waals surface area contributed by atoms with Crippen LogP contribution in [0.3, 0.4) is 0 Å². The van der Waals surface area contributed by atoms with E-state index in [2.05, 4.69) is 15.5 Å². The number of halogens is 1. The zero-order chi connectivity index (χ0) is 16.3. The molecule has 0 spiro atoms. The molecule has 1 aromatic heterocycles. The van der Waals surface area contributed by atoms with Gasteiger partial charge >= 0.3 is 0 Å². The Hall–Kier alpha value is -1.50. The Bertz CT molecular complexity index is 650. The first kappa shape index (κ1) is 16.9. The van der Waals surface area contributed by atoms with E-state index in [-0.39, 0.29) is 17.7 Å². The summed E-state index contributed by atoms with van der Waals surface area (Å²) in [6.07, 6.45) is -0.932. The van der Waals surface area contributed by atoms with Crippen molar-refractivity contribution in [3.8, 4) is 0 Å². The maximum absolute atomic E-state index is 12.0. The van der Waals surface area contributed by atoms with E-state index in [4.69, 9.17) is 11.6 Å². The number of nitrogens with zero attached hydrogens (tertiary/aromatic N) is 2. The van der Waals surface area contributed by atoms with E-state index in [0.717, 1.165) is 5.01 Å². The molecule has 2 rings (SSSR count). The van der Waals surface area contributed by atoms with Crippen molar-refractivity contribution in [3.05, 3.63) is 39.9 Å². The maximum Gasteiger partial charge on any atom is 0.229 e. The molecular formula is C15H18ClN3O2S. The number of anilines is 1. The molecule has 5 nitrogen and oxygen atoms in total. The zero-order valence-electron chi connectivity index (χ0n) is 12.6. The molecular weight excluding hydrogens is 322 g/mol. The Balaban J connectivity index is 1.95. The Morgan fingerprint density at radius 3 is 2.50 bits per heavy atom. The number of aliphatic hydroxyl groups excluding tert-OH is 1. The fourth-order valence-electron chi connectivity index (χ4n) is 1.73. The van der Waals surface area contributed by atoms with Gasteiger partial charge < -0.3 is 10.4 Å². The highest BCUT2D eigenvalue weighted by atomic mass is 35.5. The van der Waals surface area contributed by atoms with Crippen LogP contribution in [0, 0.1) is 0 Å². The summed E-state index contributed by atoms with van der Waals surface area (Å²) in [6, 6.07) is 6.75. The molecule has 1 atom stereocenters. The molecule has 0 saturated heterocycles. The van der Waals surface area contributed by atoms with Crippen molar-refractivity contribution in [2.24, 2.45) is 0 Å². The van der Waals surface area contributed by atoms with Crippen molar-refractivity contribution in [3.63, 3.8) is 0 Å². The highest BCUT2D eigenvalue weighted by Crippen LogP contribution is 2.28. The molecule has 0 radical (unpaired) electrons. The number of carbonyl (C=O) groups is 1. The van der Waals surface area contributed by atoms with Gasteiger partial charge in [0.25, 0.3) is 0 Å². The minimum Gasteiger partial charge on any atom is -0.388 e. The van der Waals surface area contributed by atoms with Crippen LogP contribution in [0.25, 0.3) is 0 Å². The molecule has 1 heterocycles. The SMILES string of the molecule is CC(C)(C)c1nnc(NC(=O)CC(O)c2ccc(Cl)cc2)s1. The number of hydrogen-bond donors (Lipinski definition) is 2. The van der Waals surface area contributed by atoms with Gasteiger partial charge in [-0.25, -0.2) is 0 Å². The second kappa shape index (κ2) is 6.73. The van der Waals surface area contributed by atoms with Gasteiger partial charge in [-0.2, -0.15) is 0 Å². The van der Waals surface area contributed by atoms with Crippen molar-refractivity contribution in [1.29, 1.82) is 0 Å². The molecule has 7 heteroatoms. The first-order chi connectivity index (χ1) is 10.3. The normalized spacial score (nSPS) is 13.0. The fourth-order valence-corrected chi connectivity index (χ4v) is 2.67. The molecule has 1 amide bonds. The van der Waals surface area contributed by atoms with E-state index in [9.17, 15) is 9.90 Å². The van der Waals surface area contributed by atoms with Crippen LogP contribution in [-0.4, -0.2) is 21.2 Å². The summed E-state index contributed by atoms with van der Waals surface area (Å²) in [7, 11) is 0. The second-order valence-electron chi connectivity index (χ2n) is 5.98. The number of hydrogen-bond acceptors (Lipinski definition) is 5. The van der Waals surface area contributed by atoms with Crippen molar-refractivity contribution >= 4 is 34.0 Å². The number of amides is 1. The van der Waals surface area contributed by atoms with Gasteiger partial charge in [0.2, 0.25) is 11.0 Å². The Labute approximate surface area is 138 Å². The van der Waals surface area contributed by atoms with E-state index in [1.165, 1.54) is 11.3 Å². The number of nitrogens with one attached hydrogen (secondary N) is 1. The van der Waals surface area contributed by atoms with Crippen molar-refractivity contribution in [2.75, 3.05) is 5.32 Å². The van der Waals surface area contributed by atoms with Gasteiger partial charge in [-0.15, -0.1) is 10.2 Å². The standard InChI is InChI=1S/C15H18ClN3O2S/c1-15(2,3)13-18-19-14(22-13)17-12(21)8-11(20)9-4-6-10(16)7-5-9/h4-7,11,20H,8H2,1-3H3,(H,17,19,21). The first-order valence-corrected chi connectivity index (χ1v) is 8.02. The lowest BCUT2D eigenvalue weighted by atomic mass is 9.98. The van der Waals surface area contributed by atoms with Gasteiger partial charge in [0, 0.05) is 10.4 Å². The van der Waals surface area contributed by atoms with E-state index in [0.29, 0.717) is 15.7 Å². The molecule has 1 aromatic carbocycles. The monoisotopic (exact) mass is 339 g/mol. The van der Waals surface area contributed by atoms with Gasteiger partial charge in [-0.1, -0.05) is 55.8 Å². The minimum atomic E-state index is -0.882. The molecule has 0 aliphatic rings. The zero-order valence-corrected chi connectivity index (χ0v) is 14.2. The average Bonchev–Trinajstić information content (AvgIpc) is 2.87. The van der Waals surface area contributed by atoms with E-state index >= 15 is 0 Å². The van der Waals surface area contributed by atoms with Gasteiger partial charge in [0.05, 0.1) is 12.5 Å². The number of carbonyl (C=O) groups excluding carboxylic acids is 1. The summed E-state index contributed by atoms with van der Waals surface area (Å²) >= 11 is 7.13. The minimum absolute atomic E-state index is 0.0495. The predicted octanol–water partition coefficient (Wildman–Crippen LogP) is 3.55. The molecule has 0 saturated carbocycles. The average molecular weight is 340 g/mol. The van der Waals surface area contributed by atoms with Gasteiger partial charge in [0.1, 0.15) is 5.01 Å². The third-order valence-corrected chi connectivity index (χ3v) is 4.46. The second-order valence-corrected chi connectivity index (χ2v) is 7.40. The van der Waals surface area contributed by atoms with Crippen LogP contribution >= 0.6 is 22.9 Å². The lowest BCUT2D eigenvalue weighted by molar-refractivity contribution is -0.118. The van der Waals surface area contributed by atoms with Crippen molar-refractivity contribution < 1.29 is 9.90 Å². The summed E-state index contributed by atoms with van der Waals surface area (Å²) in [5.41, 5.74) is 0.538. The highest BCUT2D eigenvalue weighted by Gasteiger charge is 2.20. The number of rotatable bonds is 4. The van der Waals surface area contributed by atoms with Crippen molar-refractivity contribution in [2.45, 2.75) is 38.7 Å². The molecule has 118 valence electrons. The quantitative estimate of drug-likeness (QED) is 0.893. The van der Waals surface area contributed by atoms with Gasteiger partial charge in [-0.05, 0) is 17.7 Å². The van der Waals surface area contributed by atoms with Crippen LogP contribution in [0.15, 0.2) is 24.3 Å². The molecule has 0 fully saturated rings. The van der Waals surface area contributed by atoms with Crippen LogP contribution < -0.4 is 5.32 Å². The fraction of sp³-hybridized carbons (Fsp3) is 0.400. The summed E-state index contributed by atoms with van der Waals surface area (Å²) in [5, 5.41) is 22.6. The molecule has 0 aliphatic carbocycles. The summed E-state index contributed by atoms with van der Waals surface area (Å²) in [6.45, 7) is 6.09. The smallest absolute Gasteiger partial charge is 0.229 e.